The Balaban J connectivity index is 0.00000225. The van der Waals surface area contributed by atoms with Crippen molar-refractivity contribution in [1.29, 1.82) is 0 Å². The lowest BCUT2D eigenvalue weighted by Crippen LogP contribution is -2.39. The fourth-order valence-electron chi connectivity index (χ4n) is 2.97. The van der Waals surface area contributed by atoms with Gasteiger partial charge in [-0.05, 0) is 24.5 Å². The van der Waals surface area contributed by atoms with Crippen molar-refractivity contribution in [2.45, 2.75) is 17.9 Å². The van der Waals surface area contributed by atoms with Crippen LogP contribution < -0.4 is 5.32 Å². The highest BCUT2D eigenvalue weighted by molar-refractivity contribution is 14.0. The number of guanidine groups is 1. The van der Waals surface area contributed by atoms with E-state index in [0.717, 1.165) is 25.6 Å². The van der Waals surface area contributed by atoms with Gasteiger partial charge in [-0.2, -0.15) is 5.10 Å². The maximum Gasteiger partial charge on any atom is 0.193 e. The number of benzene rings is 1. The minimum atomic E-state index is 0. The molecule has 136 valence electrons. The number of likely N-dealkylation sites (tertiary alicyclic amines) is 1. The van der Waals surface area contributed by atoms with Crippen molar-refractivity contribution in [2.24, 2.45) is 18.0 Å². The van der Waals surface area contributed by atoms with Gasteiger partial charge in [0.2, 0.25) is 0 Å². The number of rotatable bonds is 5. The topological polar surface area (TPSA) is 45.5 Å². The van der Waals surface area contributed by atoms with Gasteiger partial charge >= 0.3 is 0 Å². The normalized spacial score (nSPS) is 17.4. The number of nitrogens with one attached hydrogen (secondary N) is 1. The summed E-state index contributed by atoms with van der Waals surface area (Å²) in [6.07, 6.45) is 5.15. The third kappa shape index (κ3) is 5.91. The highest BCUT2D eigenvalue weighted by Gasteiger charge is 2.24. The molecule has 0 amide bonds. The number of aliphatic imine (C=N–C) groups is 1. The first-order valence-corrected chi connectivity index (χ1v) is 9.34. The van der Waals surface area contributed by atoms with Crippen molar-refractivity contribution in [2.75, 3.05) is 25.9 Å². The second-order valence-electron chi connectivity index (χ2n) is 6.15. The third-order valence-electron chi connectivity index (χ3n) is 4.24. The molecule has 2 heterocycles. The number of aryl methyl sites for hydroxylation is 1. The van der Waals surface area contributed by atoms with E-state index in [1.54, 1.807) is 0 Å². The molecule has 1 aliphatic heterocycles. The summed E-state index contributed by atoms with van der Waals surface area (Å²) in [7, 11) is 3.80. The minimum absolute atomic E-state index is 0. The molecule has 7 heteroatoms. The first kappa shape index (κ1) is 20.1. The number of hydrogen-bond donors (Lipinski definition) is 1. The summed E-state index contributed by atoms with van der Waals surface area (Å²) >= 11 is 1.95. The molecule has 0 aliphatic carbocycles. The van der Waals surface area contributed by atoms with Gasteiger partial charge in [-0.1, -0.05) is 18.2 Å². The van der Waals surface area contributed by atoms with E-state index < -0.39 is 0 Å². The van der Waals surface area contributed by atoms with Crippen LogP contribution in [0.1, 0.15) is 12.0 Å². The van der Waals surface area contributed by atoms with E-state index >= 15 is 0 Å². The molecule has 1 fully saturated rings. The summed E-state index contributed by atoms with van der Waals surface area (Å²) in [6.45, 7) is 2.92. The molecule has 1 aliphatic rings. The van der Waals surface area contributed by atoms with Crippen molar-refractivity contribution < 1.29 is 0 Å². The number of aromatic nitrogens is 2. The van der Waals surface area contributed by atoms with Gasteiger partial charge in [-0.15, -0.1) is 35.7 Å². The molecule has 2 aromatic rings. The summed E-state index contributed by atoms with van der Waals surface area (Å²) < 4.78 is 1.83. The van der Waals surface area contributed by atoms with Crippen LogP contribution in [0.3, 0.4) is 0 Å². The van der Waals surface area contributed by atoms with Crippen LogP contribution >= 0.6 is 35.7 Å². The van der Waals surface area contributed by atoms with Crippen LogP contribution in [0.4, 0.5) is 0 Å². The smallest absolute Gasteiger partial charge is 0.193 e. The first-order chi connectivity index (χ1) is 11.7. The maximum atomic E-state index is 4.44. The van der Waals surface area contributed by atoms with Crippen LogP contribution in [-0.4, -0.2) is 46.5 Å². The monoisotopic (exact) mass is 471 g/mol. The zero-order valence-corrected chi connectivity index (χ0v) is 17.9. The molecule has 1 atom stereocenters. The number of halogens is 1. The van der Waals surface area contributed by atoms with Crippen molar-refractivity contribution in [1.82, 2.24) is 20.0 Å². The first-order valence-electron chi connectivity index (χ1n) is 8.35. The zero-order valence-electron chi connectivity index (χ0n) is 14.8. The molecule has 1 unspecified atom stereocenters. The molecular formula is C18H26IN5S. The Bertz CT molecular complexity index is 673. The molecule has 1 saturated heterocycles. The maximum absolute atomic E-state index is 4.44. The molecule has 0 radical (unpaired) electrons. The highest BCUT2D eigenvalue weighted by Crippen LogP contribution is 2.25. The summed E-state index contributed by atoms with van der Waals surface area (Å²) in [5.41, 5.74) is 1.18. The summed E-state index contributed by atoms with van der Waals surface area (Å²) in [5.74, 6) is 2.87. The highest BCUT2D eigenvalue weighted by atomic mass is 127. The Morgan fingerprint density at radius 3 is 2.84 bits per heavy atom. The van der Waals surface area contributed by atoms with E-state index in [9.17, 15) is 0 Å². The number of nitrogens with zero attached hydrogens (tertiary/aromatic N) is 4. The van der Waals surface area contributed by atoms with E-state index in [0.29, 0.717) is 5.92 Å². The Morgan fingerprint density at radius 2 is 2.16 bits per heavy atom. The third-order valence-corrected chi connectivity index (χ3v) is 5.48. The van der Waals surface area contributed by atoms with Gasteiger partial charge in [0.25, 0.3) is 0 Å². The quantitative estimate of drug-likeness (QED) is 0.315. The van der Waals surface area contributed by atoms with Gasteiger partial charge in [0.15, 0.2) is 5.96 Å². The Hall–Kier alpha value is -1.22. The Morgan fingerprint density at radius 1 is 1.36 bits per heavy atom. The van der Waals surface area contributed by atoms with Crippen molar-refractivity contribution in [3.05, 3.63) is 48.3 Å². The standard InChI is InChI=1S/C18H25N5S.HI/c1-19-18(20-10-16-11-21-22(2)12-16)23-9-8-15(13-23)14-24-17-6-4-3-5-7-17;/h3-7,11-12,15H,8-10,13-14H2,1-2H3,(H,19,20);1H. The lowest BCUT2D eigenvalue weighted by Gasteiger charge is -2.21. The fraction of sp³-hybridized carbons (Fsp3) is 0.444. The fourth-order valence-corrected chi connectivity index (χ4v) is 4.02. The average Bonchev–Trinajstić information content (AvgIpc) is 3.24. The van der Waals surface area contributed by atoms with Gasteiger partial charge < -0.3 is 10.2 Å². The molecule has 1 aromatic carbocycles. The van der Waals surface area contributed by atoms with Crippen LogP contribution in [0.5, 0.6) is 0 Å². The molecule has 5 nitrogen and oxygen atoms in total. The van der Waals surface area contributed by atoms with E-state index in [1.807, 2.05) is 42.9 Å². The lowest BCUT2D eigenvalue weighted by atomic mass is 10.2. The predicted octanol–water partition coefficient (Wildman–Crippen LogP) is 3.23. The van der Waals surface area contributed by atoms with Crippen molar-refractivity contribution in [3.63, 3.8) is 0 Å². The summed E-state index contributed by atoms with van der Waals surface area (Å²) in [6, 6.07) is 10.7. The van der Waals surface area contributed by atoms with E-state index in [1.165, 1.54) is 22.6 Å². The van der Waals surface area contributed by atoms with Crippen molar-refractivity contribution in [3.8, 4) is 0 Å². The Labute approximate surface area is 171 Å². The molecule has 3 rings (SSSR count). The number of hydrogen-bond acceptors (Lipinski definition) is 3. The van der Waals surface area contributed by atoms with Gasteiger partial charge in [0.05, 0.1) is 6.20 Å². The largest absolute Gasteiger partial charge is 0.352 e. The average molecular weight is 471 g/mol. The minimum Gasteiger partial charge on any atom is -0.352 e. The van der Waals surface area contributed by atoms with Gasteiger partial charge in [0.1, 0.15) is 0 Å². The van der Waals surface area contributed by atoms with Gasteiger partial charge in [-0.3, -0.25) is 9.67 Å². The molecule has 25 heavy (non-hydrogen) atoms. The van der Waals surface area contributed by atoms with E-state index in [4.69, 9.17) is 0 Å². The lowest BCUT2D eigenvalue weighted by molar-refractivity contribution is 0.474. The number of thioether (sulfide) groups is 1. The van der Waals surface area contributed by atoms with E-state index in [2.05, 4.69) is 50.6 Å². The van der Waals surface area contributed by atoms with E-state index in [-0.39, 0.29) is 24.0 Å². The molecule has 0 spiro atoms. The molecule has 0 saturated carbocycles. The van der Waals surface area contributed by atoms with Crippen LogP contribution in [0.15, 0.2) is 52.6 Å². The van der Waals surface area contributed by atoms with Crippen molar-refractivity contribution >= 4 is 41.7 Å². The van der Waals surface area contributed by atoms with Gasteiger partial charge in [0, 0.05) is 56.1 Å². The van der Waals surface area contributed by atoms with Crippen LogP contribution in [0.2, 0.25) is 0 Å². The second-order valence-corrected chi connectivity index (χ2v) is 7.24. The summed E-state index contributed by atoms with van der Waals surface area (Å²) in [5, 5.41) is 7.65. The molecule has 0 bridgehead atoms. The zero-order chi connectivity index (χ0) is 16.8. The summed E-state index contributed by atoms with van der Waals surface area (Å²) in [4.78, 5) is 8.17. The SMILES string of the molecule is CN=C(NCc1cnn(C)c1)N1CCC(CSc2ccccc2)C1.I. The van der Waals surface area contributed by atoms with Gasteiger partial charge in [-0.25, -0.2) is 0 Å². The second kappa shape index (κ2) is 10.1. The van der Waals surface area contributed by atoms with Crippen LogP contribution in [-0.2, 0) is 13.6 Å². The molecule has 1 aromatic heterocycles. The van der Waals surface area contributed by atoms with Crippen LogP contribution in [0, 0.1) is 5.92 Å². The Kier molecular flexibility index (Phi) is 8.08. The van der Waals surface area contributed by atoms with Crippen LogP contribution in [0.25, 0.3) is 0 Å². The predicted molar refractivity (Wildman–Crippen MR) is 116 cm³/mol. The molecular weight excluding hydrogens is 445 g/mol. The molecule has 1 N–H and O–H groups in total.